The summed E-state index contributed by atoms with van der Waals surface area (Å²) in [7, 11) is 0. The zero-order chi connectivity index (χ0) is 10.7. The van der Waals surface area contributed by atoms with Gasteiger partial charge in [-0.1, -0.05) is 13.3 Å². The van der Waals surface area contributed by atoms with Crippen molar-refractivity contribution in [2.75, 3.05) is 18.8 Å². The van der Waals surface area contributed by atoms with E-state index in [2.05, 4.69) is 16.8 Å². The van der Waals surface area contributed by atoms with Crippen molar-refractivity contribution in [1.82, 2.24) is 9.88 Å². The van der Waals surface area contributed by atoms with Gasteiger partial charge in [-0.25, -0.2) is 4.98 Å². The maximum Gasteiger partial charge on any atom is 0.180 e. The van der Waals surface area contributed by atoms with Crippen LogP contribution in [0.25, 0.3) is 0 Å². The Balaban J connectivity index is 1.82. The molecule has 1 aromatic rings. The number of piperidine rings is 1. The average molecular weight is 225 g/mol. The van der Waals surface area contributed by atoms with Crippen LogP contribution >= 0.6 is 11.3 Å². The molecule has 0 radical (unpaired) electrons. The fourth-order valence-corrected chi connectivity index (χ4v) is 2.90. The Hall–Kier alpha value is -0.610. The van der Waals surface area contributed by atoms with Crippen molar-refractivity contribution in [2.24, 2.45) is 5.92 Å². The number of aromatic nitrogens is 1. The van der Waals surface area contributed by atoms with Gasteiger partial charge in [-0.2, -0.15) is 0 Å². The number of rotatable bonds is 3. The lowest BCUT2D eigenvalue weighted by molar-refractivity contribution is 0.176. The van der Waals surface area contributed by atoms with Crippen molar-refractivity contribution in [3.05, 3.63) is 11.1 Å². The van der Waals surface area contributed by atoms with Gasteiger partial charge in [0.15, 0.2) is 5.13 Å². The third-order valence-corrected chi connectivity index (χ3v) is 4.05. The number of thiazole rings is 1. The highest BCUT2D eigenvalue weighted by Crippen LogP contribution is 2.23. The Morgan fingerprint density at radius 2 is 2.27 bits per heavy atom. The number of nitrogens with two attached hydrogens (primary N) is 1. The van der Waals surface area contributed by atoms with E-state index in [1.165, 1.54) is 37.2 Å². The van der Waals surface area contributed by atoms with Gasteiger partial charge in [0.2, 0.25) is 0 Å². The van der Waals surface area contributed by atoms with Crippen molar-refractivity contribution in [3.8, 4) is 0 Å². The zero-order valence-electron chi connectivity index (χ0n) is 9.28. The van der Waals surface area contributed by atoms with Gasteiger partial charge in [0.25, 0.3) is 0 Å². The van der Waals surface area contributed by atoms with Gasteiger partial charge >= 0.3 is 0 Å². The Morgan fingerprint density at radius 1 is 1.53 bits per heavy atom. The number of hydrogen-bond acceptors (Lipinski definition) is 4. The number of anilines is 1. The SMILES string of the molecule is CCC1CCN(Cc2cnc(N)s2)CC1. The van der Waals surface area contributed by atoms with Crippen LogP contribution in [0.5, 0.6) is 0 Å². The smallest absolute Gasteiger partial charge is 0.180 e. The molecule has 1 aliphatic rings. The summed E-state index contributed by atoms with van der Waals surface area (Å²) in [6.45, 7) is 5.79. The molecular formula is C11H19N3S. The van der Waals surface area contributed by atoms with Crippen molar-refractivity contribution in [2.45, 2.75) is 32.7 Å². The molecule has 1 saturated heterocycles. The van der Waals surface area contributed by atoms with Gasteiger partial charge in [0.05, 0.1) is 0 Å². The lowest BCUT2D eigenvalue weighted by atomic mass is 9.94. The normalized spacial score (nSPS) is 19.5. The number of likely N-dealkylation sites (tertiary alicyclic amines) is 1. The topological polar surface area (TPSA) is 42.2 Å². The van der Waals surface area contributed by atoms with Crippen LogP contribution in [0.2, 0.25) is 0 Å². The predicted molar refractivity (Wildman–Crippen MR) is 64.8 cm³/mol. The molecule has 1 fully saturated rings. The predicted octanol–water partition coefficient (Wildman–Crippen LogP) is 2.35. The number of nitrogens with zero attached hydrogens (tertiary/aromatic N) is 2. The van der Waals surface area contributed by atoms with Crippen LogP contribution < -0.4 is 5.73 Å². The summed E-state index contributed by atoms with van der Waals surface area (Å²) in [4.78, 5) is 7.89. The third-order valence-electron chi connectivity index (χ3n) is 3.24. The molecule has 0 saturated carbocycles. The lowest BCUT2D eigenvalue weighted by Crippen LogP contribution is -2.32. The summed E-state index contributed by atoms with van der Waals surface area (Å²) >= 11 is 1.61. The van der Waals surface area contributed by atoms with E-state index >= 15 is 0 Å². The first-order valence-corrected chi connectivity index (χ1v) is 6.52. The van der Waals surface area contributed by atoms with E-state index in [1.54, 1.807) is 11.3 Å². The summed E-state index contributed by atoms with van der Waals surface area (Å²) < 4.78 is 0. The van der Waals surface area contributed by atoms with Gasteiger partial charge in [-0.05, 0) is 31.8 Å². The van der Waals surface area contributed by atoms with Crippen LogP contribution in [-0.2, 0) is 6.54 Å². The summed E-state index contributed by atoms with van der Waals surface area (Å²) in [6, 6.07) is 0. The molecule has 2 heterocycles. The van der Waals surface area contributed by atoms with Gasteiger partial charge in [0.1, 0.15) is 0 Å². The first-order valence-electron chi connectivity index (χ1n) is 5.70. The molecule has 1 aliphatic heterocycles. The van der Waals surface area contributed by atoms with Gasteiger partial charge in [0, 0.05) is 17.6 Å². The first-order chi connectivity index (χ1) is 7.28. The molecule has 2 N–H and O–H groups in total. The van der Waals surface area contributed by atoms with E-state index < -0.39 is 0 Å². The molecule has 0 amide bonds. The van der Waals surface area contributed by atoms with Crippen molar-refractivity contribution >= 4 is 16.5 Å². The van der Waals surface area contributed by atoms with Crippen LogP contribution in [0.3, 0.4) is 0 Å². The van der Waals surface area contributed by atoms with E-state index in [-0.39, 0.29) is 0 Å². The molecule has 1 aromatic heterocycles. The number of nitrogen functional groups attached to an aromatic ring is 1. The minimum absolute atomic E-state index is 0.688. The molecule has 4 heteroatoms. The lowest BCUT2D eigenvalue weighted by Gasteiger charge is -2.30. The van der Waals surface area contributed by atoms with Crippen LogP contribution in [0, 0.1) is 5.92 Å². The van der Waals surface area contributed by atoms with E-state index in [9.17, 15) is 0 Å². The fraction of sp³-hybridized carbons (Fsp3) is 0.727. The van der Waals surface area contributed by atoms with E-state index in [0.29, 0.717) is 5.13 Å². The Bertz CT molecular complexity index is 303. The maximum absolute atomic E-state index is 5.62. The molecule has 0 bridgehead atoms. The molecular weight excluding hydrogens is 206 g/mol. The van der Waals surface area contributed by atoms with Gasteiger partial charge in [-0.15, -0.1) is 11.3 Å². The quantitative estimate of drug-likeness (QED) is 0.858. The van der Waals surface area contributed by atoms with Gasteiger partial charge < -0.3 is 5.73 Å². The monoisotopic (exact) mass is 225 g/mol. The third kappa shape index (κ3) is 2.92. The van der Waals surface area contributed by atoms with Crippen molar-refractivity contribution in [3.63, 3.8) is 0 Å². The fourth-order valence-electron chi connectivity index (χ4n) is 2.17. The average Bonchev–Trinajstić information content (AvgIpc) is 2.65. The Kier molecular flexibility index (Phi) is 3.59. The molecule has 15 heavy (non-hydrogen) atoms. The second-order valence-corrected chi connectivity index (χ2v) is 5.44. The van der Waals surface area contributed by atoms with E-state index in [4.69, 9.17) is 5.73 Å². The molecule has 0 aromatic carbocycles. The standard InChI is InChI=1S/C11H19N3S/c1-2-9-3-5-14(6-4-9)8-10-7-13-11(12)15-10/h7,9H,2-6,8H2,1H3,(H2,12,13). The van der Waals surface area contributed by atoms with Crippen LogP contribution in [-0.4, -0.2) is 23.0 Å². The van der Waals surface area contributed by atoms with E-state index in [1.807, 2.05) is 6.20 Å². The second-order valence-electron chi connectivity index (χ2n) is 4.29. The zero-order valence-corrected chi connectivity index (χ0v) is 10.1. The minimum Gasteiger partial charge on any atom is -0.375 e. The Labute approximate surface area is 95.3 Å². The molecule has 0 unspecified atom stereocenters. The first kappa shape index (κ1) is 10.9. The van der Waals surface area contributed by atoms with Crippen LogP contribution in [0.15, 0.2) is 6.20 Å². The van der Waals surface area contributed by atoms with Crippen molar-refractivity contribution < 1.29 is 0 Å². The molecule has 84 valence electrons. The summed E-state index contributed by atoms with van der Waals surface area (Å²) in [5.41, 5.74) is 5.62. The highest BCUT2D eigenvalue weighted by Gasteiger charge is 2.18. The van der Waals surface area contributed by atoms with Crippen LogP contribution in [0.1, 0.15) is 31.1 Å². The van der Waals surface area contributed by atoms with Crippen molar-refractivity contribution in [1.29, 1.82) is 0 Å². The minimum atomic E-state index is 0.688. The maximum atomic E-state index is 5.62. The molecule has 2 rings (SSSR count). The highest BCUT2D eigenvalue weighted by molar-refractivity contribution is 7.15. The van der Waals surface area contributed by atoms with Gasteiger partial charge in [-0.3, -0.25) is 4.90 Å². The summed E-state index contributed by atoms with van der Waals surface area (Å²) in [6.07, 6.45) is 5.95. The highest BCUT2D eigenvalue weighted by atomic mass is 32.1. The van der Waals surface area contributed by atoms with Crippen LogP contribution in [0.4, 0.5) is 5.13 Å². The summed E-state index contributed by atoms with van der Waals surface area (Å²) in [5, 5.41) is 0.688. The Morgan fingerprint density at radius 3 is 2.80 bits per heavy atom. The summed E-state index contributed by atoms with van der Waals surface area (Å²) in [5.74, 6) is 0.952. The molecule has 3 nitrogen and oxygen atoms in total. The van der Waals surface area contributed by atoms with E-state index in [0.717, 1.165) is 12.5 Å². The largest absolute Gasteiger partial charge is 0.375 e. The molecule has 0 aliphatic carbocycles. The second kappa shape index (κ2) is 4.94. The molecule has 0 atom stereocenters. The molecule has 0 spiro atoms. The number of hydrogen-bond donors (Lipinski definition) is 1.